The number of carbonyl (C=O) groups is 3. The van der Waals surface area contributed by atoms with Crippen LogP contribution in [0.15, 0.2) is 47.5 Å². The molecule has 210 valence electrons. The smallest absolute Gasteiger partial charge is 0.341 e. The van der Waals surface area contributed by atoms with Crippen LogP contribution in [0.2, 0.25) is 0 Å². The lowest BCUT2D eigenvalue weighted by Crippen LogP contribution is -2.41. The van der Waals surface area contributed by atoms with Crippen molar-refractivity contribution in [3.63, 3.8) is 0 Å². The first-order chi connectivity index (χ1) is 19.3. The van der Waals surface area contributed by atoms with Crippen LogP contribution < -0.4 is 21.0 Å². The summed E-state index contributed by atoms with van der Waals surface area (Å²) in [7, 11) is 0. The molecule has 2 fully saturated rings. The Morgan fingerprint density at radius 3 is 2.40 bits per heavy atom. The minimum atomic E-state index is -1.28. The van der Waals surface area contributed by atoms with Crippen molar-refractivity contribution in [1.29, 1.82) is 0 Å². The van der Waals surface area contributed by atoms with Crippen molar-refractivity contribution in [1.82, 2.24) is 14.9 Å². The number of aromatic nitrogens is 2. The van der Waals surface area contributed by atoms with Gasteiger partial charge in [-0.25, -0.2) is 9.78 Å². The molecule has 0 bridgehead atoms. The van der Waals surface area contributed by atoms with E-state index in [1.54, 1.807) is 25.1 Å². The van der Waals surface area contributed by atoms with Gasteiger partial charge in [0.1, 0.15) is 17.4 Å². The summed E-state index contributed by atoms with van der Waals surface area (Å²) >= 11 is 0. The number of rotatable bonds is 7. The van der Waals surface area contributed by atoms with Crippen LogP contribution in [0.3, 0.4) is 0 Å². The van der Waals surface area contributed by atoms with E-state index in [9.17, 15) is 24.3 Å². The zero-order valence-corrected chi connectivity index (χ0v) is 22.7. The molecule has 1 aromatic carbocycles. The van der Waals surface area contributed by atoms with E-state index in [1.807, 2.05) is 10.6 Å². The molecule has 3 N–H and O–H groups in total. The molecule has 3 aromatic rings. The average Bonchev–Trinajstić information content (AvgIpc) is 2.98. The van der Waals surface area contributed by atoms with Crippen molar-refractivity contribution >= 4 is 40.2 Å². The van der Waals surface area contributed by atoms with E-state index >= 15 is 0 Å². The first-order valence-corrected chi connectivity index (χ1v) is 14.1. The molecule has 2 aliphatic rings. The van der Waals surface area contributed by atoms with Gasteiger partial charge in [-0.3, -0.25) is 14.4 Å². The predicted molar refractivity (Wildman–Crippen MR) is 153 cm³/mol. The van der Waals surface area contributed by atoms with Crippen LogP contribution in [0.25, 0.3) is 10.9 Å². The van der Waals surface area contributed by atoms with E-state index in [4.69, 9.17) is 0 Å². The maximum Gasteiger partial charge on any atom is 0.341 e. The number of nitrogens with zero attached hydrogens (tertiary/aromatic N) is 3. The van der Waals surface area contributed by atoms with E-state index in [2.05, 4.69) is 20.5 Å². The maximum atomic E-state index is 13.0. The van der Waals surface area contributed by atoms with Crippen molar-refractivity contribution in [2.24, 2.45) is 0 Å². The largest absolute Gasteiger partial charge is 0.477 e. The molecule has 0 radical (unpaired) electrons. The Hall–Kier alpha value is -4.21. The zero-order chi connectivity index (χ0) is 28.2. The van der Waals surface area contributed by atoms with E-state index < -0.39 is 29.3 Å². The number of carboxylic acids is 1. The van der Waals surface area contributed by atoms with Gasteiger partial charge in [-0.15, -0.1) is 0 Å². The quantitative estimate of drug-likeness (QED) is 0.402. The first-order valence-electron chi connectivity index (χ1n) is 14.1. The number of pyridine rings is 2. The van der Waals surface area contributed by atoms with E-state index in [-0.39, 0.29) is 17.0 Å². The number of carboxylic acid groups (broad SMARTS) is 1. The van der Waals surface area contributed by atoms with Gasteiger partial charge in [0.25, 0.3) is 5.91 Å². The summed E-state index contributed by atoms with van der Waals surface area (Å²) in [5.41, 5.74) is 0.466. The number of hydrogen-bond donors (Lipinski definition) is 3. The molecule has 5 rings (SSSR count). The number of benzene rings is 1. The molecule has 40 heavy (non-hydrogen) atoms. The fourth-order valence-electron chi connectivity index (χ4n) is 5.67. The Morgan fingerprint density at radius 1 is 1.00 bits per heavy atom. The third kappa shape index (κ3) is 5.85. The summed E-state index contributed by atoms with van der Waals surface area (Å²) in [5.74, 6) is -1.32. The lowest BCUT2D eigenvalue weighted by molar-refractivity contribution is -0.117. The molecule has 10 heteroatoms. The Kier molecular flexibility index (Phi) is 8.14. The highest BCUT2D eigenvalue weighted by molar-refractivity contribution is 6.02. The average molecular weight is 546 g/mol. The number of anilines is 2. The first kappa shape index (κ1) is 27.4. The molecular formula is C30H35N5O5. The maximum absolute atomic E-state index is 13.0. The molecule has 3 heterocycles. The van der Waals surface area contributed by atoms with Gasteiger partial charge in [-0.2, -0.15) is 0 Å². The topological polar surface area (TPSA) is 134 Å². The summed E-state index contributed by atoms with van der Waals surface area (Å²) in [5, 5.41) is 15.3. The number of piperidine rings is 1. The number of nitrogens with one attached hydrogen (secondary N) is 2. The summed E-state index contributed by atoms with van der Waals surface area (Å²) in [4.78, 5) is 57.2. The van der Waals surface area contributed by atoms with Gasteiger partial charge in [-0.05, 0) is 69.4 Å². The molecule has 1 aliphatic heterocycles. The van der Waals surface area contributed by atoms with Crippen molar-refractivity contribution < 1.29 is 19.5 Å². The SMILES string of the molecule is C[C@H](NC(=O)c1ccc(N2CCCCC2)nc1)C(=O)Nc1ccc2c(c1)c(=O)c(C(=O)O)cn2C1CCCCC1. The predicted octanol–water partition coefficient (Wildman–Crippen LogP) is 4.35. The van der Waals surface area contributed by atoms with Gasteiger partial charge in [0.2, 0.25) is 11.3 Å². The summed E-state index contributed by atoms with van der Waals surface area (Å²) in [6.45, 7) is 3.48. The van der Waals surface area contributed by atoms with Gasteiger partial charge >= 0.3 is 5.97 Å². The molecule has 2 amide bonds. The summed E-state index contributed by atoms with van der Waals surface area (Å²) < 4.78 is 1.90. The molecule has 1 aliphatic carbocycles. The number of aromatic carboxylic acids is 1. The highest BCUT2D eigenvalue weighted by atomic mass is 16.4. The monoisotopic (exact) mass is 545 g/mol. The van der Waals surface area contributed by atoms with Crippen LogP contribution >= 0.6 is 0 Å². The normalized spacial score (nSPS) is 16.9. The molecule has 2 aromatic heterocycles. The van der Waals surface area contributed by atoms with Crippen LogP contribution in [0.4, 0.5) is 11.5 Å². The molecule has 0 unspecified atom stereocenters. The Labute approximate surface area is 232 Å². The zero-order valence-electron chi connectivity index (χ0n) is 22.7. The molecule has 1 atom stereocenters. The third-order valence-electron chi connectivity index (χ3n) is 7.93. The fourth-order valence-corrected chi connectivity index (χ4v) is 5.67. The lowest BCUT2D eigenvalue weighted by atomic mass is 9.94. The summed E-state index contributed by atoms with van der Waals surface area (Å²) in [6.07, 6.45) is 11.5. The number of hydrogen-bond acceptors (Lipinski definition) is 6. The van der Waals surface area contributed by atoms with Crippen molar-refractivity contribution in [3.8, 4) is 0 Å². The molecule has 0 spiro atoms. The summed E-state index contributed by atoms with van der Waals surface area (Å²) in [6, 6.07) is 7.73. The minimum Gasteiger partial charge on any atom is -0.477 e. The second-order valence-corrected chi connectivity index (χ2v) is 10.7. The Bertz CT molecular complexity index is 1470. The van der Waals surface area contributed by atoms with Crippen LogP contribution in [0.5, 0.6) is 0 Å². The Balaban J connectivity index is 1.30. The Morgan fingerprint density at radius 2 is 1.73 bits per heavy atom. The standard InChI is InChI=1S/C30H35N5O5/c1-19(32-29(38)20-10-13-26(31-17-20)34-14-6-3-7-15-34)28(37)33-21-11-12-25-23(16-21)27(36)24(30(39)40)18-35(25)22-8-4-2-5-9-22/h10-13,16-19,22H,2-9,14-15H2,1H3,(H,32,38)(H,33,37)(H,39,40)/t19-/m0/s1. The highest BCUT2D eigenvalue weighted by Gasteiger charge is 2.22. The second kappa shape index (κ2) is 11.9. The van der Waals surface area contributed by atoms with E-state index in [0.29, 0.717) is 16.8 Å². The third-order valence-corrected chi connectivity index (χ3v) is 7.93. The van der Waals surface area contributed by atoms with Gasteiger partial charge in [0.15, 0.2) is 0 Å². The number of fused-ring (bicyclic) bond motifs is 1. The molecular weight excluding hydrogens is 510 g/mol. The molecule has 1 saturated heterocycles. The lowest BCUT2D eigenvalue weighted by Gasteiger charge is -2.27. The van der Waals surface area contributed by atoms with Gasteiger partial charge in [0.05, 0.1) is 11.1 Å². The molecule has 1 saturated carbocycles. The van der Waals surface area contributed by atoms with Crippen LogP contribution in [-0.2, 0) is 4.79 Å². The van der Waals surface area contributed by atoms with Crippen molar-refractivity contribution in [2.45, 2.75) is 70.4 Å². The second-order valence-electron chi connectivity index (χ2n) is 10.7. The van der Waals surface area contributed by atoms with Gasteiger partial charge in [-0.1, -0.05) is 19.3 Å². The van der Waals surface area contributed by atoms with Crippen molar-refractivity contribution in [2.75, 3.05) is 23.3 Å². The van der Waals surface area contributed by atoms with Crippen LogP contribution in [0, 0.1) is 0 Å². The fraction of sp³-hybridized carbons (Fsp3) is 0.433. The highest BCUT2D eigenvalue weighted by Crippen LogP contribution is 2.31. The van der Waals surface area contributed by atoms with Gasteiger partial charge in [0, 0.05) is 42.6 Å². The van der Waals surface area contributed by atoms with E-state index in [0.717, 1.165) is 63.9 Å². The minimum absolute atomic E-state index is 0.119. The molecule has 10 nitrogen and oxygen atoms in total. The van der Waals surface area contributed by atoms with Crippen LogP contribution in [-0.4, -0.2) is 51.6 Å². The van der Waals surface area contributed by atoms with Crippen LogP contribution in [0.1, 0.15) is 85.0 Å². The van der Waals surface area contributed by atoms with E-state index in [1.165, 1.54) is 24.9 Å². The van der Waals surface area contributed by atoms with Crippen molar-refractivity contribution in [3.05, 3.63) is 64.1 Å². The number of amides is 2. The van der Waals surface area contributed by atoms with Gasteiger partial charge < -0.3 is 25.2 Å². The number of carbonyl (C=O) groups excluding carboxylic acids is 2.